The maximum absolute atomic E-state index is 12.9. The Labute approximate surface area is 176 Å². The molecule has 1 aromatic carbocycles. The number of carbonyl (C=O) groups is 1. The van der Waals surface area contributed by atoms with Gasteiger partial charge in [-0.05, 0) is 25.1 Å². The van der Waals surface area contributed by atoms with Gasteiger partial charge in [0.25, 0.3) is 10.0 Å². The third-order valence-corrected chi connectivity index (χ3v) is 6.57. The van der Waals surface area contributed by atoms with Crippen LogP contribution in [0.25, 0.3) is 22.4 Å². The van der Waals surface area contributed by atoms with Crippen LogP contribution in [0.2, 0.25) is 0 Å². The van der Waals surface area contributed by atoms with E-state index in [0.717, 1.165) is 4.47 Å². The Kier molecular flexibility index (Phi) is 6.44. The smallest absolute Gasteiger partial charge is 0.265 e. The van der Waals surface area contributed by atoms with Crippen LogP contribution in [-0.2, 0) is 19.7 Å². The van der Waals surface area contributed by atoms with Gasteiger partial charge in [-0.1, -0.05) is 4.47 Å². The maximum atomic E-state index is 12.9. The number of amides is 1. The number of rotatable bonds is 8. The summed E-state index contributed by atoms with van der Waals surface area (Å²) in [6, 6.07) is 4.50. The van der Waals surface area contributed by atoms with Gasteiger partial charge in [-0.3, -0.25) is 9.63 Å². The molecule has 12 heteroatoms. The number of halogens is 1. The number of hydroxylamine groups is 1. The number of furan rings is 1. The number of aromatic nitrogens is 1. The minimum Gasteiger partial charge on any atom is -0.493 e. The van der Waals surface area contributed by atoms with Gasteiger partial charge in [0.2, 0.25) is 5.91 Å². The molecule has 1 amide bonds. The van der Waals surface area contributed by atoms with Crippen LogP contribution >= 0.6 is 22.9 Å². The van der Waals surface area contributed by atoms with E-state index >= 15 is 0 Å². The molecule has 0 saturated heterocycles. The third kappa shape index (κ3) is 4.23. The van der Waals surface area contributed by atoms with Gasteiger partial charge in [0.15, 0.2) is 22.2 Å². The molecule has 0 aliphatic rings. The minimum absolute atomic E-state index is 0.00476. The number of anilines is 1. The molecule has 1 N–H and O–H groups in total. The monoisotopic (exact) mass is 459 g/mol. The average molecular weight is 460 g/mol. The van der Waals surface area contributed by atoms with E-state index in [0.29, 0.717) is 27.7 Å². The quantitative estimate of drug-likeness (QED) is 0.406. The Morgan fingerprint density at radius 1 is 1.41 bits per heavy atom. The fourth-order valence-electron chi connectivity index (χ4n) is 2.57. The third-order valence-electron chi connectivity index (χ3n) is 3.88. The first-order valence-corrected chi connectivity index (χ1v) is 11.2. The number of hydrogen-bond acceptors (Lipinski definition) is 8. The van der Waals surface area contributed by atoms with Crippen molar-refractivity contribution < 1.29 is 27.2 Å². The molecule has 9 nitrogen and oxygen atoms in total. The summed E-state index contributed by atoms with van der Waals surface area (Å²) in [5.41, 5.74) is 0.687. The lowest BCUT2D eigenvalue weighted by atomic mass is 10.2. The molecule has 3 rings (SSSR count). The van der Waals surface area contributed by atoms with E-state index < -0.39 is 10.0 Å². The molecule has 0 bridgehead atoms. The molecule has 0 spiro atoms. The summed E-state index contributed by atoms with van der Waals surface area (Å²) in [6.07, 6.45) is 0. The van der Waals surface area contributed by atoms with Crippen LogP contribution in [0.4, 0.5) is 5.13 Å². The standard InChI is InChI=1S/C17H18ClN3O6S2/c1-4-26-21(2)29(23,24)14-6-5-12(25-3)16-10(14)7-13(27-16)11-9-28-17(19-11)20-15(22)8-18/h5-7,9H,4,8H2,1-3H3,(H,19,20,22). The first kappa shape index (κ1) is 21.5. The number of alkyl halides is 1. The zero-order valence-corrected chi connectivity index (χ0v) is 18.2. The minimum atomic E-state index is -3.93. The number of hydrogen-bond donors (Lipinski definition) is 1. The highest BCUT2D eigenvalue weighted by Crippen LogP contribution is 2.38. The van der Waals surface area contributed by atoms with Crippen molar-refractivity contribution in [1.29, 1.82) is 0 Å². The SMILES string of the molecule is CCON(C)S(=O)(=O)c1ccc(OC)c2oc(-c3csc(NC(=O)CCl)n3)cc12. The van der Waals surface area contributed by atoms with Gasteiger partial charge in [-0.2, -0.15) is 0 Å². The van der Waals surface area contributed by atoms with E-state index in [4.69, 9.17) is 25.6 Å². The predicted octanol–water partition coefficient (Wildman–Crippen LogP) is 3.31. The largest absolute Gasteiger partial charge is 0.493 e. The number of carbonyl (C=O) groups excluding carboxylic acids is 1. The zero-order valence-electron chi connectivity index (χ0n) is 15.8. The van der Waals surface area contributed by atoms with Crippen molar-refractivity contribution in [2.24, 2.45) is 0 Å². The molecule has 0 aliphatic heterocycles. The molecule has 0 fully saturated rings. The topological polar surface area (TPSA) is 111 Å². The first-order valence-electron chi connectivity index (χ1n) is 8.35. The molecule has 0 saturated carbocycles. The van der Waals surface area contributed by atoms with Gasteiger partial charge in [-0.15, -0.1) is 22.9 Å². The van der Waals surface area contributed by atoms with Crippen molar-refractivity contribution in [2.75, 3.05) is 32.0 Å². The van der Waals surface area contributed by atoms with Crippen molar-refractivity contribution in [3.8, 4) is 17.2 Å². The highest BCUT2D eigenvalue weighted by molar-refractivity contribution is 7.89. The van der Waals surface area contributed by atoms with Crippen molar-refractivity contribution >= 4 is 55.0 Å². The lowest BCUT2D eigenvalue weighted by Gasteiger charge is -2.16. The summed E-state index contributed by atoms with van der Waals surface area (Å²) in [7, 11) is -1.15. The lowest BCUT2D eigenvalue weighted by Crippen LogP contribution is -2.27. The number of sulfonamides is 1. The Morgan fingerprint density at radius 2 is 2.17 bits per heavy atom. The summed E-state index contributed by atoms with van der Waals surface area (Å²) in [5, 5.41) is 4.90. The van der Waals surface area contributed by atoms with Gasteiger partial charge < -0.3 is 14.5 Å². The Morgan fingerprint density at radius 3 is 2.83 bits per heavy atom. The second-order valence-corrected chi connectivity index (χ2v) is 8.70. The summed E-state index contributed by atoms with van der Waals surface area (Å²) < 4.78 is 37.7. The number of benzene rings is 1. The van der Waals surface area contributed by atoms with E-state index in [9.17, 15) is 13.2 Å². The molecule has 3 aromatic rings. The van der Waals surface area contributed by atoms with Crippen LogP contribution in [0, 0.1) is 0 Å². The van der Waals surface area contributed by atoms with Crippen molar-refractivity contribution in [3.63, 3.8) is 0 Å². The normalized spacial score (nSPS) is 11.9. The molecule has 0 atom stereocenters. The van der Waals surface area contributed by atoms with Gasteiger partial charge in [0.05, 0.1) is 18.6 Å². The molecular formula is C17H18ClN3O6S2. The number of methoxy groups -OCH3 is 1. The highest BCUT2D eigenvalue weighted by atomic mass is 35.5. The molecule has 156 valence electrons. The number of ether oxygens (including phenoxy) is 1. The van der Waals surface area contributed by atoms with Crippen LogP contribution in [-0.4, -0.2) is 50.4 Å². The molecule has 2 heterocycles. The predicted molar refractivity (Wildman–Crippen MR) is 110 cm³/mol. The summed E-state index contributed by atoms with van der Waals surface area (Å²) in [4.78, 5) is 20.8. The van der Waals surface area contributed by atoms with Crippen molar-refractivity contribution in [3.05, 3.63) is 23.6 Å². The number of nitrogens with zero attached hydrogens (tertiary/aromatic N) is 2. The molecule has 0 radical (unpaired) electrons. The van der Waals surface area contributed by atoms with Gasteiger partial charge in [0.1, 0.15) is 11.6 Å². The average Bonchev–Trinajstić information content (AvgIpc) is 3.34. The van der Waals surface area contributed by atoms with E-state index in [2.05, 4.69) is 10.3 Å². The fourth-order valence-corrected chi connectivity index (χ4v) is 4.55. The molecule has 29 heavy (non-hydrogen) atoms. The highest BCUT2D eigenvalue weighted by Gasteiger charge is 2.27. The van der Waals surface area contributed by atoms with Crippen LogP contribution in [0.3, 0.4) is 0 Å². The van der Waals surface area contributed by atoms with Crippen LogP contribution in [0.15, 0.2) is 32.9 Å². The van der Waals surface area contributed by atoms with E-state index in [1.165, 1.54) is 37.6 Å². The van der Waals surface area contributed by atoms with Crippen molar-refractivity contribution in [2.45, 2.75) is 11.8 Å². The van der Waals surface area contributed by atoms with Gasteiger partial charge in [-0.25, -0.2) is 13.4 Å². The van der Waals surface area contributed by atoms with E-state index in [-0.39, 0.29) is 28.9 Å². The van der Waals surface area contributed by atoms with E-state index in [1.807, 2.05) is 0 Å². The second kappa shape index (κ2) is 8.67. The summed E-state index contributed by atoms with van der Waals surface area (Å²) in [6.45, 7) is 1.88. The second-order valence-electron chi connectivity index (χ2n) is 5.67. The van der Waals surface area contributed by atoms with E-state index in [1.54, 1.807) is 18.4 Å². The first-order chi connectivity index (χ1) is 13.8. The zero-order chi connectivity index (χ0) is 21.2. The van der Waals surface area contributed by atoms with Crippen LogP contribution in [0.5, 0.6) is 5.75 Å². The summed E-state index contributed by atoms with van der Waals surface area (Å²) >= 11 is 6.67. The lowest BCUT2D eigenvalue weighted by molar-refractivity contribution is -0.113. The number of fused-ring (bicyclic) bond motifs is 1. The summed E-state index contributed by atoms with van der Waals surface area (Å²) in [5.74, 6) is 0.120. The van der Waals surface area contributed by atoms with Gasteiger partial charge in [0, 0.05) is 17.8 Å². The van der Waals surface area contributed by atoms with Crippen LogP contribution < -0.4 is 10.1 Å². The van der Waals surface area contributed by atoms with Crippen molar-refractivity contribution in [1.82, 2.24) is 9.45 Å². The number of nitrogens with one attached hydrogen (secondary N) is 1. The molecule has 0 unspecified atom stereocenters. The fraction of sp³-hybridized carbons (Fsp3) is 0.294. The maximum Gasteiger partial charge on any atom is 0.265 e. The Hall–Kier alpha value is -2.18. The molecule has 2 aromatic heterocycles. The Balaban J connectivity index is 2.10. The molecule has 0 aliphatic carbocycles. The molecular weight excluding hydrogens is 442 g/mol. The number of thiazole rings is 1. The van der Waals surface area contributed by atoms with Crippen LogP contribution in [0.1, 0.15) is 6.92 Å². The van der Waals surface area contributed by atoms with Gasteiger partial charge >= 0.3 is 0 Å². The Bertz CT molecular complexity index is 1140.